The molecule has 0 fully saturated rings. The van der Waals surface area contributed by atoms with Gasteiger partial charge in [-0.3, -0.25) is 13.8 Å². The fraction of sp³-hybridized carbons (Fsp3) is 0.0263. The van der Waals surface area contributed by atoms with Gasteiger partial charge < -0.3 is 14.7 Å². The summed E-state index contributed by atoms with van der Waals surface area (Å²) in [5, 5.41) is 0.858. The van der Waals surface area contributed by atoms with E-state index in [2.05, 4.69) is 44.8 Å². The molecule has 0 atom stereocenters. The molecule has 240 valence electrons. The molecule has 0 saturated heterocycles. The number of aromatic nitrogens is 3. The topological polar surface area (TPSA) is 86.9 Å². The van der Waals surface area contributed by atoms with Gasteiger partial charge in [0.1, 0.15) is 10.0 Å². The van der Waals surface area contributed by atoms with Gasteiger partial charge in [-0.25, -0.2) is 8.42 Å². The zero-order chi connectivity index (χ0) is 33.1. The van der Waals surface area contributed by atoms with Crippen molar-refractivity contribution in [3.63, 3.8) is 0 Å². The number of rotatable bonds is 5. The van der Waals surface area contributed by atoms with Gasteiger partial charge >= 0.3 is 20.1 Å². The molecule has 0 saturated carbocycles. The van der Waals surface area contributed by atoms with E-state index in [0.717, 1.165) is 28.8 Å². The first-order chi connectivity index (χ1) is 22.8. The molecule has 4 aromatic carbocycles. The van der Waals surface area contributed by atoms with E-state index >= 15 is 0 Å². The van der Waals surface area contributed by atoms with E-state index in [1.807, 2.05) is 42.5 Å². The second kappa shape index (κ2) is 17.1. The van der Waals surface area contributed by atoms with Crippen LogP contribution in [0.5, 0.6) is 0 Å². The number of nitrogens with zero attached hydrogens (tertiary/aromatic N) is 4. The van der Waals surface area contributed by atoms with Crippen LogP contribution in [0.2, 0.25) is 0 Å². The molecular formula is C38H27F2IrN4O2S. The normalized spacial score (nSPS) is 10.4. The molecule has 7 rings (SSSR count). The first kappa shape index (κ1) is 35.7. The minimum Gasteiger partial charge on any atom is -0.571 e. The molecule has 0 aliphatic rings. The number of pyridine rings is 3. The van der Waals surface area contributed by atoms with E-state index in [9.17, 15) is 17.2 Å². The summed E-state index contributed by atoms with van der Waals surface area (Å²) in [6.45, 7) is 2.05. The Morgan fingerprint density at radius 2 is 1.33 bits per heavy atom. The van der Waals surface area contributed by atoms with Gasteiger partial charge in [0.05, 0.1) is 10.4 Å². The van der Waals surface area contributed by atoms with Crippen molar-refractivity contribution in [2.24, 2.45) is 0 Å². The SMILES string of the molecule is Cc1c[c-]c(-c2ccccn2)cc1.Fc1c[c-]c(-c2ccccn2)c(F)c1.O=S(=O)([N-]c1cccc2cccnc12)c1ccccc1.[Ir+3]. The van der Waals surface area contributed by atoms with Gasteiger partial charge in [0.15, 0.2) is 0 Å². The van der Waals surface area contributed by atoms with E-state index in [1.165, 1.54) is 17.7 Å². The number of sulfonamides is 1. The van der Waals surface area contributed by atoms with Crippen molar-refractivity contribution in [1.82, 2.24) is 15.0 Å². The molecule has 0 bridgehead atoms. The third kappa shape index (κ3) is 9.68. The Bertz CT molecular complexity index is 2150. The molecule has 0 spiro atoms. The third-order valence-corrected chi connectivity index (χ3v) is 7.86. The molecule has 0 aliphatic carbocycles. The molecule has 0 N–H and O–H groups in total. The number of benzene rings is 4. The summed E-state index contributed by atoms with van der Waals surface area (Å²) in [6, 6.07) is 41.8. The van der Waals surface area contributed by atoms with Crippen LogP contribution in [-0.4, -0.2) is 23.4 Å². The van der Waals surface area contributed by atoms with Crippen LogP contribution in [0.4, 0.5) is 14.5 Å². The maximum atomic E-state index is 13.2. The summed E-state index contributed by atoms with van der Waals surface area (Å²) < 4.78 is 54.2. The summed E-state index contributed by atoms with van der Waals surface area (Å²) in [5.74, 6) is -1.29. The largest absolute Gasteiger partial charge is 3.00 e. The van der Waals surface area contributed by atoms with Crippen LogP contribution in [-0.2, 0) is 30.1 Å². The van der Waals surface area contributed by atoms with Crippen LogP contribution in [0, 0.1) is 30.7 Å². The Labute approximate surface area is 292 Å². The maximum Gasteiger partial charge on any atom is 3.00 e. The van der Waals surface area contributed by atoms with Crippen molar-refractivity contribution in [1.29, 1.82) is 0 Å². The zero-order valence-corrected chi connectivity index (χ0v) is 28.7. The first-order valence-corrected chi connectivity index (χ1v) is 15.8. The second-order valence-electron chi connectivity index (χ2n) is 9.98. The molecule has 0 amide bonds. The van der Waals surface area contributed by atoms with Crippen molar-refractivity contribution in [3.8, 4) is 22.5 Å². The van der Waals surface area contributed by atoms with Crippen LogP contribution < -0.4 is 0 Å². The molecule has 0 aliphatic heterocycles. The molecule has 0 unspecified atom stereocenters. The maximum absolute atomic E-state index is 13.2. The molecule has 0 radical (unpaired) electrons. The molecule has 3 aromatic heterocycles. The molecule has 48 heavy (non-hydrogen) atoms. The van der Waals surface area contributed by atoms with Crippen LogP contribution in [0.3, 0.4) is 0 Å². The molecule has 6 nitrogen and oxygen atoms in total. The monoisotopic (exact) mass is 834 g/mol. The van der Waals surface area contributed by atoms with Crippen molar-refractivity contribution in [2.45, 2.75) is 11.8 Å². The van der Waals surface area contributed by atoms with Crippen LogP contribution in [0.1, 0.15) is 5.56 Å². The van der Waals surface area contributed by atoms with E-state index in [4.69, 9.17) is 0 Å². The van der Waals surface area contributed by atoms with Crippen LogP contribution >= 0.6 is 0 Å². The average Bonchev–Trinajstić information content (AvgIpc) is 3.10. The zero-order valence-electron chi connectivity index (χ0n) is 25.5. The van der Waals surface area contributed by atoms with Crippen molar-refractivity contribution < 1.29 is 37.3 Å². The molecule has 10 heteroatoms. The second-order valence-corrected chi connectivity index (χ2v) is 11.6. The van der Waals surface area contributed by atoms with Gasteiger partial charge in [-0.15, -0.1) is 53.2 Å². The van der Waals surface area contributed by atoms with Crippen molar-refractivity contribution in [3.05, 3.63) is 180 Å². The van der Waals surface area contributed by atoms with E-state index in [1.54, 1.807) is 73.2 Å². The molecular weight excluding hydrogens is 807 g/mol. The Morgan fingerprint density at radius 3 is 1.98 bits per heavy atom. The van der Waals surface area contributed by atoms with Crippen molar-refractivity contribution in [2.75, 3.05) is 0 Å². The summed E-state index contributed by atoms with van der Waals surface area (Å²) in [5.41, 5.74) is 4.81. The Hall–Kier alpha value is -5.15. The Morgan fingerprint density at radius 1 is 0.667 bits per heavy atom. The first-order valence-electron chi connectivity index (χ1n) is 14.3. The van der Waals surface area contributed by atoms with Crippen molar-refractivity contribution >= 4 is 26.6 Å². The van der Waals surface area contributed by atoms with Gasteiger partial charge in [-0.05, 0) is 47.1 Å². The minimum absolute atomic E-state index is 0. The average molecular weight is 834 g/mol. The summed E-state index contributed by atoms with van der Waals surface area (Å²) in [7, 11) is -3.72. The standard InChI is InChI=1S/C15H11N2O2S.C12H10N.C11H6F2N.Ir/c18-20(19,13-8-2-1-3-9-13)17-14-10-4-6-12-7-5-11-16-15(12)14;1-10-5-7-11(8-6-10)12-4-2-3-9-13-12;12-8-4-5-9(10(13)7-8)11-3-1-2-6-14-11;/h1-11H;2-7,9H,1H3;1-4,6-7H;/q3*-1;+3. The fourth-order valence-corrected chi connectivity index (χ4v) is 5.29. The molecule has 3 heterocycles. The number of hydrogen-bond acceptors (Lipinski definition) is 5. The quantitative estimate of drug-likeness (QED) is 0.162. The van der Waals surface area contributed by atoms with Gasteiger partial charge in [0.25, 0.3) is 0 Å². The predicted molar refractivity (Wildman–Crippen MR) is 180 cm³/mol. The van der Waals surface area contributed by atoms with E-state index < -0.39 is 21.7 Å². The number of aryl methyl sites for hydroxylation is 1. The predicted octanol–water partition coefficient (Wildman–Crippen LogP) is 9.31. The third-order valence-electron chi connectivity index (χ3n) is 6.56. The Kier molecular flexibility index (Phi) is 12.7. The van der Waals surface area contributed by atoms with E-state index in [-0.39, 0.29) is 30.6 Å². The number of para-hydroxylation sites is 1. The van der Waals surface area contributed by atoms with Gasteiger partial charge in [-0.1, -0.05) is 85.3 Å². The molecule has 7 aromatic rings. The Balaban J connectivity index is 0.000000166. The number of hydrogen-bond donors (Lipinski definition) is 0. The summed E-state index contributed by atoms with van der Waals surface area (Å²) in [4.78, 5) is 12.6. The smallest absolute Gasteiger partial charge is 0.571 e. The fourth-order valence-electron chi connectivity index (χ4n) is 4.27. The van der Waals surface area contributed by atoms with Crippen LogP contribution in [0.25, 0.3) is 38.1 Å². The van der Waals surface area contributed by atoms with Crippen LogP contribution in [0.15, 0.2) is 151 Å². The summed E-state index contributed by atoms with van der Waals surface area (Å²) in [6.07, 6.45) is 4.96. The van der Waals surface area contributed by atoms with Gasteiger partial charge in [0, 0.05) is 30.2 Å². The van der Waals surface area contributed by atoms with E-state index in [0.29, 0.717) is 16.9 Å². The number of halogens is 2. The number of fused-ring (bicyclic) bond motifs is 1. The summed E-state index contributed by atoms with van der Waals surface area (Å²) >= 11 is 0. The van der Waals surface area contributed by atoms with Gasteiger partial charge in [-0.2, -0.15) is 0 Å². The minimum atomic E-state index is -3.72. The van der Waals surface area contributed by atoms with Gasteiger partial charge in [0.2, 0.25) is 0 Å².